The lowest BCUT2D eigenvalue weighted by Gasteiger charge is -2.46. The van der Waals surface area contributed by atoms with Crippen molar-refractivity contribution in [3.8, 4) is 0 Å². The summed E-state index contributed by atoms with van der Waals surface area (Å²) in [5.74, 6) is 0.249. The molecule has 1 amide bonds. The SMILES string of the molecule is CCCN1CCCN(Cc2cccn2C)CCNC(=O)CC12CCCCC2. The number of rotatable bonds is 4. The van der Waals surface area contributed by atoms with Gasteiger partial charge in [-0.1, -0.05) is 26.2 Å². The molecule has 0 radical (unpaired) electrons. The molecular formula is C22H38N4O. The standard InChI is InChI=1S/C22H38N4O/c1-3-13-26-16-8-15-25(19-20-9-7-14-24(20)2)17-12-23-21(27)18-22(26)10-5-4-6-11-22/h7,9,14H,3-6,8,10-13,15-19H2,1-2H3,(H,23,27). The Kier molecular flexibility index (Phi) is 7.36. The van der Waals surface area contributed by atoms with E-state index in [1.165, 1.54) is 44.2 Å². The summed E-state index contributed by atoms with van der Waals surface area (Å²) in [6, 6.07) is 4.31. The van der Waals surface area contributed by atoms with Gasteiger partial charge in [-0.05, 0) is 57.5 Å². The van der Waals surface area contributed by atoms with Crippen molar-refractivity contribution in [2.45, 2.75) is 70.4 Å². The minimum Gasteiger partial charge on any atom is -0.355 e. The summed E-state index contributed by atoms with van der Waals surface area (Å²) in [7, 11) is 2.11. The predicted molar refractivity (Wildman–Crippen MR) is 111 cm³/mol. The molecule has 5 heteroatoms. The molecule has 0 atom stereocenters. The molecule has 2 heterocycles. The molecule has 1 aromatic rings. The fourth-order valence-electron chi connectivity index (χ4n) is 5.03. The lowest BCUT2D eigenvalue weighted by molar-refractivity contribution is -0.125. The van der Waals surface area contributed by atoms with Crippen molar-refractivity contribution >= 4 is 5.91 Å². The monoisotopic (exact) mass is 374 g/mol. The second kappa shape index (κ2) is 9.74. The molecule has 1 aliphatic heterocycles. The average Bonchev–Trinajstić information content (AvgIpc) is 3.04. The lowest BCUT2D eigenvalue weighted by Crippen LogP contribution is -2.53. The summed E-state index contributed by atoms with van der Waals surface area (Å²) >= 11 is 0. The Morgan fingerprint density at radius 2 is 1.93 bits per heavy atom. The predicted octanol–water partition coefficient (Wildman–Crippen LogP) is 3.15. The van der Waals surface area contributed by atoms with Crippen molar-refractivity contribution in [2.24, 2.45) is 7.05 Å². The molecule has 2 fully saturated rings. The van der Waals surface area contributed by atoms with Crippen LogP contribution >= 0.6 is 0 Å². The summed E-state index contributed by atoms with van der Waals surface area (Å²) in [5, 5.41) is 3.22. The van der Waals surface area contributed by atoms with Crippen LogP contribution < -0.4 is 5.32 Å². The van der Waals surface area contributed by atoms with Gasteiger partial charge in [0.05, 0.1) is 0 Å². The Morgan fingerprint density at radius 1 is 1.11 bits per heavy atom. The molecule has 5 nitrogen and oxygen atoms in total. The second-order valence-electron chi connectivity index (χ2n) is 8.54. The van der Waals surface area contributed by atoms with E-state index < -0.39 is 0 Å². The van der Waals surface area contributed by atoms with Gasteiger partial charge in [-0.2, -0.15) is 0 Å². The van der Waals surface area contributed by atoms with E-state index >= 15 is 0 Å². The summed E-state index contributed by atoms with van der Waals surface area (Å²) in [5.41, 5.74) is 1.44. The van der Waals surface area contributed by atoms with Crippen LogP contribution in [0.15, 0.2) is 18.3 Å². The van der Waals surface area contributed by atoms with Gasteiger partial charge in [-0.3, -0.25) is 14.6 Å². The number of carbonyl (C=O) groups excluding carboxylic acids is 1. The number of hydrogen-bond acceptors (Lipinski definition) is 3. The Morgan fingerprint density at radius 3 is 2.63 bits per heavy atom. The topological polar surface area (TPSA) is 40.5 Å². The van der Waals surface area contributed by atoms with E-state index in [9.17, 15) is 4.79 Å². The van der Waals surface area contributed by atoms with Crippen molar-refractivity contribution in [1.29, 1.82) is 0 Å². The van der Waals surface area contributed by atoms with Crippen LogP contribution in [-0.4, -0.2) is 58.5 Å². The highest BCUT2D eigenvalue weighted by atomic mass is 16.1. The minimum atomic E-state index is 0.103. The van der Waals surface area contributed by atoms with Gasteiger partial charge in [0.25, 0.3) is 0 Å². The van der Waals surface area contributed by atoms with Crippen molar-refractivity contribution < 1.29 is 4.79 Å². The van der Waals surface area contributed by atoms with E-state index in [-0.39, 0.29) is 11.4 Å². The highest BCUT2D eigenvalue weighted by Gasteiger charge is 2.39. The van der Waals surface area contributed by atoms with Crippen LogP contribution in [0.25, 0.3) is 0 Å². The molecule has 1 saturated carbocycles. The van der Waals surface area contributed by atoms with Crippen LogP contribution in [0.3, 0.4) is 0 Å². The number of nitrogens with one attached hydrogen (secondary N) is 1. The maximum atomic E-state index is 12.8. The minimum absolute atomic E-state index is 0.103. The number of aryl methyl sites for hydroxylation is 1. The molecule has 1 saturated heterocycles. The zero-order chi connectivity index (χ0) is 19.1. The normalized spacial score (nSPS) is 23.1. The van der Waals surface area contributed by atoms with Crippen LogP contribution in [0, 0.1) is 0 Å². The molecule has 1 N–H and O–H groups in total. The Hall–Kier alpha value is -1.33. The molecule has 1 aromatic heterocycles. The third-order valence-electron chi connectivity index (χ3n) is 6.53. The number of hydrogen-bond donors (Lipinski definition) is 1. The molecule has 0 unspecified atom stereocenters. The smallest absolute Gasteiger partial charge is 0.221 e. The van der Waals surface area contributed by atoms with Gasteiger partial charge >= 0.3 is 0 Å². The Labute approximate surface area is 165 Å². The first-order valence-electron chi connectivity index (χ1n) is 11.0. The van der Waals surface area contributed by atoms with E-state index in [2.05, 4.69) is 52.0 Å². The molecule has 27 heavy (non-hydrogen) atoms. The molecule has 152 valence electrons. The first kappa shape index (κ1) is 20.4. The number of nitrogens with zero attached hydrogens (tertiary/aromatic N) is 3. The van der Waals surface area contributed by atoms with Gasteiger partial charge in [-0.15, -0.1) is 0 Å². The van der Waals surface area contributed by atoms with Gasteiger partial charge in [0.15, 0.2) is 0 Å². The summed E-state index contributed by atoms with van der Waals surface area (Å²) in [4.78, 5) is 17.9. The van der Waals surface area contributed by atoms with E-state index in [1.807, 2.05) is 0 Å². The fraction of sp³-hybridized carbons (Fsp3) is 0.773. The third-order valence-corrected chi connectivity index (χ3v) is 6.53. The third kappa shape index (κ3) is 5.35. The first-order valence-corrected chi connectivity index (χ1v) is 11.0. The molecule has 3 rings (SSSR count). The zero-order valence-corrected chi connectivity index (χ0v) is 17.4. The maximum absolute atomic E-state index is 12.8. The van der Waals surface area contributed by atoms with Gasteiger partial charge in [0.2, 0.25) is 5.91 Å². The molecule has 0 aromatic carbocycles. The molecular weight excluding hydrogens is 336 g/mol. The maximum Gasteiger partial charge on any atom is 0.221 e. The molecule has 0 bridgehead atoms. The van der Waals surface area contributed by atoms with E-state index in [0.717, 1.165) is 45.7 Å². The zero-order valence-electron chi connectivity index (χ0n) is 17.4. The van der Waals surface area contributed by atoms with Crippen molar-refractivity contribution in [3.63, 3.8) is 0 Å². The van der Waals surface area contributed by atoms with E-state index in [4.69, 9.17) is 0 Å². The quantitative estimate of drug-likeness (QED) is 0.880. The molecule has 1 aliphatic carbocycles. The first-order chi connectivity index (χ1) is 13.1. The highest BCUT2D eigenvalue weighted by Crippen LogP contribution is 2.37. The summed E-state index contributed by atoms with van der Waals surface area (Å²) in [6.45, 7) is 8.24. The average molecular weight is 375 g/mol. The number of aromatic nitrogens is 1. The van der Waals surface area contributed by atoms with Crippen LogP contribution in [-0.2, 0) is 18.4 Å². The second-order valence-corrected chi connectivity index (χ2v) is 8.54. The van der Waals surface area contributed by atoms with Gasteiger partial charge < -0.3 is 9.88 Å². The van der Waals surface area contributed by atoms with Gasteiger partial charge in [-0.25, -0.2) is 0 Å². The highest BCUT2D eigenvalue weighted by molar-refractivity contribution is 5.77. The fourth-order valence-corrected chi connectivity index (χ4v) is 5.03. The van der Waals surface area contributed by atoms with E-state index in [1.54, 1.807) is 0 Å². The van der Waals surface area contributed by atoms with Crippen LogP contribution in [0.1, 0.15) is 64.0 Å². The van der Waals surface area contributed by atoms with Crippen molar-refractivity contribution in [3.05, 3.63) is 24.0 Å². The summed E-state index contributed by atoms with van der Waals surface area (Å²) < 4.78 is 2.20. The number of carbonyl (C=O) groups is 1. The number of amides is 1. The van der Waals surface area contributed by atoms with Gasteiger partial charge in [0.1, 0.15) is 0 Å². The van der Waals surface area contributed by atoms with E-state index in [0.29, 0.717) is 6.42 Å². The van der Waals surface area contributed by atoms with Crippen LogP contribution in [0.5, 0.6) is 0 Å². The lowest BCUT2D eigenvalue weighted by atomic mass is 9.77. The van der Waals surface area contributed by atoms with Crippen LogP contribution in [0.2, 0.25) is 0 Å². The largest absolute Gasteiger partial charge is 0.355 e. The van der Waals surface area contributed by atoms with Gasteiger partial charge in [0, 0.05) is 50.5 Å². The van der Waals surface area contributed by atoms with Crippen LogP contribution in [0.4, 0.5) is 0 Å². The Balaban J connectivity index is 1.71. The van der Waals surface area contributed by atoms with Crippen molar-refractivity contribution in [1.82, 2.24) is 19.7 Å². The molecule has 2 aliphatic rings. The van der Waals surface area contributed by atoms with Crippen molar-refractivity contribution in [2.75, 3.05) is 32.7 Å². The summed E-state index contributed by atoms with van der Waals surface area (Å²) in [6.07, 6.45) is 11.4. The molecule has 1 spiro atoms. The Bertz CT molecular complexity index is 591.